The first kappa shape index (κ1) is 42.8. The third-order valence-corrected chi connectivity index (χ3v) is 12.8. The molecule has 2 aliphatic heterocycles. The molecule has 2 aromatic heterocycles. The van der Waals surface area contributed by atoms with Gasteiger partial charge in [0.2, 0.25) is 0 Å². The van der Waals surface area contributed by atoms with Crippen LogP contribution in [-0.4, -0.2) is 81.6 Å². The van der Waals surface area contributed by atoms with Gasteiger partial charge in [0.05, 0.1) is 28.2 Å². The molecule has 0 radical (unpaired) electrons. The van der Waals surface area contributed by atoms with Gasteiger partial charge < -0.3 is 20.1 Å². The number of fused-ring (bicyclic) bond motifs is 2. The molecule has 0 spiro atoms. The van der Waals surface area contributed by atoms with Crippen LogP contribution in [0.5, 0.6) is 0 Å². The Kier molecular flexibility index (Phi) is 13.2. The summed E-state index contributed by atoms with van der Waals surface area (Å²) in [6.45, 7) is 2.50. The predicted octanol–water partition coefficient (Wildman–Crippen LogP) is 8.58. The first-order valence-corrected chi connectivity index (χ1v) is 21.9. The van der Waals surface area contributed by atoms with Gasteiger partial charge in [0.15, 0.2) is 0 Å². The molecule has 0 bridgehead atoms. The number of carbonyl (C=O) groups is 2. The Hall–Kier alpha value is -6.86. The highest BCUT2D eigenvalue weighted by Gasteiger charge is 2.45. The number of H-pyrrole nitrogens is 1. The summed E-state index contributed by atoms with van der Waals surface area (Å²) < 4.78 is 5.44. The Morgan fingerprint density at radius 2 is 1.17 bits per heavy atom. The molecule has 2 fully saturated rings. The van der Waals surface area contributed by atoms with Gasteiger partial charge in [0.1, 0.15) is 0 Å². The summed E-state index contributed by atoms with van der Waals surface area (Å²) in [6.07, 6.45) is 2.27. The Morgan fingerprint density at radius 3 is 1.76 bits per heavy atom. The summed E-state index contributed by atoms with van der Waals surface area (Å²) in [6, 6.07) is 46.4. The minimum atomic E-state index is -0.919. The highest BCUT2D eigenvalue weighted by molar-refractivity contribution is 5.76. The number of carboxylic acid groups (broad SMARTS) is 2. The number of imidazole rings is 2. The number of aryl methyl sites for hydroxylation is 2. The quantitative estimate of drug-likeness (QED) is 0.118. The van der Waals surface area contributed by atoms with E-state index in [1.807, 2.05) is 103 Å². The number of amides is 2. The van der Waals surface area contributed by atoms with Crippen molar-refractivity contribution < 1.29 is 19.8 Å². The van der Waals surface area contributed by atoms with E-state index in [2.05, 4.69) is 58.4 Å². The molecular weight excluding hydrogens is 795 g/mol. The van der Waals surface area contributed by atoms with Crippen LogP contribution in [0.1, 0.15) is 60.9 Å². The highest BCUT2D eigenvalue weighted by Crippen LogP contribution is 2.40. The summed E-state index contributed by atoms with van der Waals surface area (Å²) in [5, 5.41) is 19.6. The van der Waals surface area contributed by atoms with E-state index >= 15 is 0 Å². The maximum Gasteiger partial charge on any atom is 0.408 e. The molecule has 2 aliphatic rings. The van der Waals surface area contributed by atoms with E-state index in [4.69, 9.17) is 5.11 Å². The molecule has 3 atom stereocenters. The van der Waals surface area contributed by atoms with E-state index in [1.165, 1.54) is 10.5 Å². The largest absolute Gasteiger partial charge is 0.465 e. The van der Waals surface area contributed by atoms with Gasteiger partial charge in [-0.15, -0.1) is 0 Å². The van der Waals surface area contributed by atoms with Crippen molar-refractivity contribution in [1.82, 2.24) is 33.4 Å². The second kappa shape index (κ2) is 19.5. The highest BCUT2D eigenvalue weighted by atomic mass is 16.4. The number of hydrogen-bond acceptors (Lipinski definition) is 5. The second-order valence-electron chi connectivity index (χ2n) is 16.7. The van der Waals surface area contributed by atoms with Crippen molar-refractivity contribution in [3.05, 3.63) is 177 Å². The Balaban J connectivity index is 0.000000238. The number of nitrogens with one attached hydrogen (secondary N) is 1. The number of nitrogens with zero attached hydrogens (tertiary/aromatic N) is 6. The number of rotatable bonds is 11. The van der Waals surface area contributed by atoms with E-state index in [-0.39, 0.29) is 29.4 Å². The summed E-state index contributed by atoms with van der Waals surface area (Å²) in [5.41, 5.74) is 6.86. The lowest BCUT2D eigenvalue weighted by molar-refractivity contribution is -0.0492. The molecule has 326 valence electrons. The summed E-state index contributed by atoms with van der Waals surface area (Å²) in [7, 11) is 1.83. The summed E-state index contributed by atoms with van der Waals surface area (Å²) in [4.78, 5) is 57.9. The third-order valence-electron chi connectivity index (χ3n) is 12.8. The predicted molar refractivity (Wildman–Crippen MR) is 245 cm³/mol. The number of piperidine rings is 2. The summed E-state index contributed by atoms with van der Waals surface area (Å²) >= 11 is 0. The standard InChI is InChI=1S/C37H40N4O3.C13H15N3O3/c1-38-33-22-11-12-23-34(33)41(36(38)42)32-24-25-40(37(43)44)35(31(32)21-13-20-28-14-5-2-6-15-28)39(26-29-16-7-3-8-17-29)27-30-18-9-4-10-19-30;17-12-14-10-3-1-2-4-11(10)16(12)9-5-7-15(8-6-9)13(18)19/h2-12,14-19,22-23,31-32,35H,13,20-21,24-27H2,1H3,(H,43,44);1-4,9H,5-8H2,(H,14,17)(H,18,19)/t31?,32?,35-;/m0./s1. The van der Waals surface area contributed by atoms with Gasteiger partial charge >= 0.3 is 23.6 Å². The molecule has 2 amide bonds. The number of benzene rings is 5. The molecule has 2 unspecified atom stereocenters. The van der Waals surface area contributed by atoms with Gasteiger partial charge in [-0.1, -0.05) is 115 Å². The first-order chi connectivity index (χ1) is 30.7. The van der Waals surface area contributed by atoms with E-state index in [1.54, 1.807) is 14.0 Å². The van der Waals surface area contributed by atoms with E-state index in [9.17, 15) is 24.3 Å². The topological polar surface area (TPSA) is 149 Å². The van der Waals surface area contributed by atoms with Crippen LogP contribution < -0.4 is 11.4 Å². The number of hydrogen-bond donors (Lipinski definition) is 3. The fraction of sp³-hybridized carbons (Fsp3) is 0.320. The molecule has 13 nitrogen and oxygen atoms in total. The SMILES string of the molecule is Cn1c(=O)n(C2CCN(C(=O)O)[C@H](N(Cc3ccccc3)Cc3ccccc3)C2CCCc2ccccc2)c2ccccc21.O=C(O)N1CCC(n2c(=O)[nH]c3ccccc32)CC1. The molecular formula is C50H55N7O6. The smallest absolute Gasteiger partial charge is 0.408 e. The lowest BCUT2D eigenvalue weighted by atomic mass is 9.83. The number of aromatic amines is 1. The van der Waals surface area contributed by atoms with Crippen LogP contribution in [0.3, 0.4) is 0 Å². The van der Waals surface area contributed by atoms with Crippen molar-refractivity contribution in [3.63, 3.8) is 0 Å². The van der Waals surface area contributed by atoms with E-state index in [0.717, 1.165) is 52.5 Å². The number of para-hydroxylation sites is 4. The fourth-order valence-electron chi connectivity index (χ4n) is 9.84. The fourth-order valence-corrected chi connectivity index (χ4v) is 9.84. The van der Waals surface area contributed by atoms with Crippen molar-refractivity contribution in [2.45, 2.75) is 69.9 Å². The van der Waals surface area contributed by atoms with Gasteiger partial charge in [0, 0.05) is 57.8 Å². The summed E-state index contributed by atoms with van der Waals surface area (Å²) in [5.74, 6) is -0.112. The minimum absolute atomic E-state index is 0.0514. The Bertz CT molecular complexity index is 2700. The first-order valence-electron chi connectivity index (χ1n) is 21.9. The number of aromatic nitrogens is 4. The van der Waals surface area contributed by atoms with Gasteiger partial charge in [-0.05, 0) is 79.5 Å². The molecule has 0 saturated carbocycles. The van der Waals surface area contributed by atoms with Crippen LogP contribution in [0.4, 0.5) is 9.59 Å². The third kappa shape index (κ3) is 9.48. The zero-order valence-electron chi connectivity index (χ0n) is 35.6. The van der Waals surface area contributed by atoms with Crippen LogP contribution in [0.25, 0.3) is 22.1 Å². The molecule has 63 heavy (non-hydrogen) atoms. The monoisotopic (exact) mass is 849 g/mol. The molecule has 7 aromatic rings. The molecule has 9 rings (SSSR count). The number of likely N-dealkylation sites (tertiary alicyclic amines) is 2. The van der Waals surface area contributed by atoms with Crippen molar-refractivity contribution in [1.29, 1.82) is 0 Å². The Morgan fingerprint density at radius 1 is 0.635 bits per heavy atom. The molecule has 2 saturated heterocycles. The minimum Gasteiger partial charge on any atom is -0.465 e. The van der Waals surface area contributed by atoms with Crippen LogP contribution in [0, 0.1) is 5.92 Å². The van der Waals surface area contributed by atoms with Gasteiger partial charge in [-0.2, -0.15) is 0 Å². The van der Waals surface area contributed by atoms with Gasteiger partial charge in [-0.3, -0.25) is 23.5 Å². The van der Waals surface area contributed by atoms with Gasteiger partial charge in [0.25, 0.3) is 0 Å². The van der Waals surface area contributed by atoms with Crippen molar-refractivity contribution >= 4 is 34.3 Å². The Labute approximate surface area is 366 Å². The average Bonchev–Trinajstić information content (AvgIpc) is 3.78. The van der Waals surface area contributed by atoms with E-state index < -0.39 is 18.4 Å². The average molecular weight is 850 g/mol. The normalized spacial score (nSPS) is 18.1. The van der Waals surface area contributed by atoms with Gasteiger partial charge in [-0.25, -0.2) is 19.2 Å². The second-order valence-corrected chi connectivity index (χ2v) is 16.7. The molecule has 0 aliphatic carbocycles. The van der Waals surface area contributed by atoms with Crippen LogP contribution in [0.15, 0.2) is 149 Å². The zero-order valence-corrected chi connectivity index (χ0v) is 35.6. The lowest BCUT2D eigenvalue weighted by Crippen LogP contribution is -2.59. The lowest BCUT2D eigenvalue weighted by Gasteiger charge is -2.49. The van der Waals surface area contributed by atoms with Crippen molar-refractivity contribution in [3.8, 4) is 0 Å². The van der Waals surface area contributed by atoms with Crippen LogP contribution >= 0.6 is 0 Å². The molecule has 13 heteroatoms. The zero-order chi connectivity index (χ0) is 43.9. The maximum atomic E-state index is 13.9. The van der Waals surface area contributed by atoms with E-state index in [0.29, 0.717) is 52.0 Å². The van der Waals surface area contributed by atoms with Crippen LogP contribution in [0.2, 0.25) is 0 Å². The van der Waals surface area contributed by atoms with Crippen molar-refractivity contribution in [2.24, 2.45) is 13.0 Å². The van der Waals surface area contributed by atoms with Crippen LogP contribution in [-0.2, 0) is 26.6 Å². The molecule has 3 N–H and O–H groups in total. The maximum absolute atomic E-state index is 13.9. The molecule has 5 aromatic carbocycles. The molecule has 4 heterocycles. The van der Waals surface area contributed by atoms with Crippen molar-refractivity contribution in [2.75, 3.05) is 19.6 Å².